The summed E-state index contributed by atoms with van der Waals surface area (Å²) in [6.45, 7) is 2.68. The number of carbonyl (C=O) groups is 1. The number of methoxy groups -OCH3 is 1. The highest BCUT2D eigenvalue weighted by Crippen LogP contribution is 2.20. The van der Waals surface area contributed by atoms with Crippen LogP contribution in [-0.2, 0) is 11.2 Å². The first-order valence-electron chi connectivity index (χ1n) is 9.88. The number of rotatable bonds is 6. The fourth-order valence-corrected chi connectivity index (χ4v) is 3.32. The van der Waals surface area contributed by atoms with Crippen molar-refractivity contribution in [2.45, 2.75) is 6.42 Å². The molecule has 1 aliphatic heterocycles. The smallest absolute Gasteiger partial charge is 0.228 e. The van der Waals surface area contributed by atoms with Gasteiger partial charge in [-0.25, -0.2) is 4.98 Å². The van der Waals surface area contributed by atoms with Gasteiger partial charge in [-0.1, -0.05) is 6.07 Å². The summed E-state index contributed by atoms with van der Waals surface area (Å²) < 4.78 is 5.18. The van der Waals surface area contributed by atoms with Gasteiger partial charge in [-0.05, 0) is 42.5 Å². The number of aromatic nitrogens is 3. The molecule has 0 atom stereocenters. The number of amides is 1. The minimum absolute atomic E-state index is 0.101. The van der Waals surface area contributed by atoms with Gasteiger partial charge in [-0.3, -0.25) is 9.78 Å². The van der Waals surface area contributed by atoms with Crippen LogP contribution in [0.25, 0.3) is 0 Å². The zero-order chi connectivity index (χ0) is 20.8. The first-order valence-corrected chi connectivity index (χ1v) is 9.88. The fraction of sp³-hybridized carbons (Fsp3) is 0.273. The molecule has 0 saturated carbocycles. The molecule has 0 radical (unpaired) electrons. The quantitative estimate of drug-likeness (QED) is 0.676. The molecule has 0 spiro atoms. The Hall–Kier alpha value is -3.68. The normalized spacial score (nSPS) is 13.8. The number of nitrogens with zero attached hydrogens (tertiary/aromatic N) is 5. The van der Waals surface area contributed by atoms with Crippen LogP contribution in [0.5, 0.6) is 5.75 Å². The van der Waals surface area contributed by atoms with Gasteiger partial charge >= 0.3 is 0 Å². The van der Waals surface area contributed by atoms with Crippen LogP contribution in [-0.4, -0.2) is 59.0 Å². The summed E-state index contributed by atoms with van der Waals surface area (Å²) >= 11 is 0. The van der Waals surface area contributed by atoms with E-state index < -0.39 is 0 Å². The van der Waals surface area contributed by atoms with E-state index in [1.807, 2.05) is 53.4 Å². The molecule has 30 heavy (non-hydrogen) atoms. The predicted molar refractivity (Wildman–Crippen MR) is 115 cm³/mol. The first kappa shape index (κ1) is 19.6. The van der Waals surface area contributed by atoms with Crippen molar-refractivity contribution >= 4 is 23.4 Å². The van der Waals surface area contributed by atoms with Crippen molar-refractivity contribution in [1.82, 2.24) is 19.9 Å². The molecule has 3 aromatic rings. The third kappa shape index (κ3) is 4.83. The number of ether oxygens (including phenoxy) is 1. The van der Waals surface area contributed by atoms with Gasteiger partial charge in [0.1, 0.15) is 11.6 Å². The Morgan fingerprint density at radius 3 is 2.50 bits per heavy atom. The second-order valence-corrected chi connectivity index (χ2v) is 6.96. The molecule has 8 heteroatoms. The lowest BCUT2D eigenvalue weighted by Crippen LogP contribution is -2.49. The van der Waals surface area contributed by atoms with Gasteiger partial charge in [-0.2, -0.15) is 4.98 Å². The molecular formula is C22H24N6O2. The Morgan fingerprint density at radius 1 is 1.00 bits per heavy atom. The number of nitrogens with one attached hydrogen (secondary N) is 1. The van der Waals surface area contributed by atoms with Gasteiger partial charge in [0, 0.05) is 50.0 Å². The number of hydrogen-bond acceptors (Lipinski definition) is 7. The molecule has 0 unspecified atom stereocenters. The van der Waals surface area contributed by atoms with Gasteiger partial charge in [0.15, 0.2) is 0 Å². The van der Waals surface area contributed by atoms with Crippen LogP contribution < -0.4 is 15.0 Å². The number of anilines is 3. The van der Waals surface area contributed by atoms with Crippen LogP contribution in [0.2, 0.25) is 0 Å². The minimum Gasteiger partial charge on any atom is -0.497 e. The van der Waals surface area contributed by atoms with E-state index >= 15 is 0 Å². The van der Waals surface area contributed by atoms with Crippen molar-refractivity contribution in [1.29, 1.82) is 0 Å². The summed E-state index contributed by atoms with van der Waals surface area (Å²) in [6.07, 6.45) is 3.79. The third-order valence-electron chi connectivity index (χ3n) is 4.98. The molecule has 0 aliphatic carbocycles. The van der Waals surface area contributed by atoms with Crippen LogP contribution in [0, 0.1) is 0 Å². The van der Waals surface area contributed by atoms with Crippen LogP contribution >= 0.6 is 0 Å². The molecule has 1 saturated heterocycles. The summed E-state index contributed by atoms with van der Waals surface area (Å²) in [7, 11) is 1.64. The number of carbonyl (C=O) groups excluding carboxylic acids is 1. The van der Waals surface area contributed by atoms with Gasteiger partial charge in [-0.15, -0.1) is 0 Å². The van der Waals surface area contributed by atoms with Gasteiger partial charge in [0.25, 0.3) is 0 Å². The predicted octanol–water partition coefficient (Wildman–Crippen LogP) is 2.52. The second-order valence-electron chi connectivity index (χ2n) is 6.96. The van der Waals surface area contributed by atoms with E-state index in [1.54, 1.807) is 19.5 Å². The summed E-state index contributed by atoms with van der Waals surface area (Å²) in [5.74, 6) is 2.28. The summed E-state index contributed by atoms with van der Waals surface area (Å²) in [5, 5.41) is 3.28. The lowest BCUT2D eigenvalue weighted by Gasteiger charge is -2.34. The average Bonchev–Trinajstić information content (AvgIpc) is 2.80. The number of hydrogen-bond donors (Lipinski definition) is 1. The van der Waals surface area contributed by atoms with E-state index in [1.165, 1.54) is 0 Å². The molecule has 8 nitrogen and oxygen atoms in total. The van der Waals surface area contributed by atoms with Crippen molar-refractivity contribution in [3.63, 3.8) is 0 Å². The number of pyridine rings is 1. The fourth-order valence-electron chi connectivity index (χ4n) is 3.32. The number of piperazine rings is 1. The van der Waals surface area contributed by atoms with E-state index in [4.69, 9.17) is 4.74 Å². The first-order chi connectivity index (χ1) is 14.7. The van der Waals surface area contributed by atoms with Gasteiger partial charge in [0.05, 0.1) is 13.5 Å². The molecule has 1 aromatic carbocycles. The lowest BCUT2D eigenvalue weighted by atomic mass is 10.2. The standard InChI is InChI=1S/C22H24N6O2/c1-30-19-7-5-17(6-8-19)25-20-9-11-24-22(26-20)28-14-12-27(13-15-28)21(29)16-18-4-2-3-10-23-18/h2-11H,12-16H2,1H3,(H,24,25,26). The molecular weight excluding hydrogens is 380 g/mol. The van der Waals surface area contributed by atoms with Gasteiger partial charge in [0.2, 0.25) is 11.9 Å². The van der Waals surface area contributed by atoms with Crippen molar-refractivity contribution < 1.29 is 9.53 Å². The maximum Gasteiger partial charge on any atom is 0.228 e. The van der Waals surface area contributed by atoms with Crippen molar-refractivity contribution in [3.05, 3.63) is 66.6 Å². The highest BCUT2D eigenvalue weighted by molar-refractivity contribution is 5.78. The van der Waals surface area contributed by atoms with Crippen LogP contribution in [0.1, 0.15) is 5.69 Å². The maximum absolute atomic E-state index is 12.5. The Morgan fingerprint density at radius 2 is 1.80 bits per heavy atom. The van der Waals surface area contributed by atoms with Crippen molar-refractivity contribution in [2.75, 3.05) is 43.5 Å². The molecule has 154 valence electrons. The summed E-state index contributed by atoms with van der Waals surface area (Å²) in [6, 6.07) is 15.1. The highest BCUT2D eigenvalue weighted by Gasteiger charge is 2.23. The van der Waals surface area contributed by atoms with Crippen LogP contribution in [0.3, 0.4) is 0 Å². The van der Waals surface area contributed by atoms with E-state index in [0.29, 0.717) is 38.5 Å². The maximum atomic E-state index is 12.5. The molecule has 1 fully saturated rings. The average molecular weight is 404 g/mol. The molecule has 1 aliphatic rings. The van der Waals surface area contributed by atoms with Crippen molar-refractivity contribution in [3.8, 4) is 5.75 Å². The van der Waals surface area contributed by atoms with E-state index in [-0.39, 0.29) is 5.91 Å². The molecule has 0 bridgehead atoms. The molecule has 2 aromatic heterocycles. The number of benzene rings is 1. The second kappa shape index (κ2) is 9.21. The molecule has 4 rings (SSSR count). The van der Waals surface area contributed by atoms with Crippen LogP contribution in [0.15, 0.2) is 60.9 Å². The topological polar surface area (TPSA) is 83.5 Å². The molecule has 1 amide bonds. The van der Waals surface area contributed by atoms with Crippen molar-refractivity contribution in [2.24, 2.45) is 0 Å². The Labute approximate surface area is 175 Å². The molecule has 1 N–H and O–H groups in total. The third-order valence-corrected chi connectivity index (χ3v) is 4.98. The Kier molecular flexibility index (Phi) is 6.03. The summed E-state index contributed by atoms with van der Waals surface area (Å²) in [5.41, 5.74) is 1.72. The lowest BCUT2D eigenvalue weighted by molar-refractivity contribution is -0.130. The van der Waals surface area contributed by atoms with E-state index in [0.717, 1.165) is 22.9 Å². The van der Waals surface area contributed by atoms with Gasteiger partial charge < -0.3 is 19.9 Å². The zero-order valence-corrected chi connectivity index (χ0v) is 16.9. The van der Waals surface area contributed by atoms with E-state index in [2.05, 4.69) is 25.2 Å². The Bertz CT molecular complexity index is 972. The van der Waals surface area contributed by atoms with E-state index in [9.17, 15) is 4.79 Å². The van der Waals surface area contributed by atoms with Crippen LogP contribution in [0.4, 0.5) is 17.5 Å². The zero-order valence-electron chi connectivity index (χ0n) is 16.9. The monoisotopic (exact) mass is 404 g/mol. The Balaban J connectivity index is 1.34. The highest BCUT2D eigenvalue weighted by atomic mass is 16.5. The largest absolute Gasteiger partial charge is 0.497 e. The SMILES string of the molecule is COc1ccc(Nc2ccnc(N3CCN(C(=O)Cc4ccccn4)CC3)n2)cc1. The summed E-state index contributed by atoms with van der Waals surface area (Å²) in [4.78, 5) is 29.8. The minimum atomic E-state index is 0.101. The molecule has 3 heterocycles.